The standard InChI is InChI=1S/C20H18N2O5/c23-12-14-10-13(4-6-17(14)24)5-7-18(25)21-15-2-1-3-16(11-15)22-19(26)8-9-20(22)27/h1-4,6,10-12,24H,5,7-9H2,(H,21,25). The predicted octanol–water partition coefficient (Wildman–Crippen LogP) is 2.43. The van der Waals surface area contributed by atoms with Crippen LogP contribution in [-0.4, -0.2) is 29.1 Å². The second-order valence-electron chi connectivity index (χ2n) is 6.23. The third-order valence-electron chi connectivity index (χ3n) is 4.30. The lowest BCUT2D eigenvalue weighted by molar-refractivity contribution is -0.121. The summed E-state index contributed by atoms with van der Waals surface area (Å²) in [4.78, 5) is 47.8. The Hall–Kier alpha value is -3.48. The van der Waals surface area contributed by atoms with Crippen LogP contribution in [0.3, 0.4) is 0 Å². The maximum Gasteiger partial charge on any atom is 0.234 e. The lowest BCUT2D eigenvalue weighted by atomic mass is 10.1. The Morgan fingerprint density at radius 2 is 1.85 bits per heavy atom. The van der Waals surface area contributed by atoms with Gasteiger partial charge < -0.3 is 10.4 Å². The number of amides is 3. The lowest BCUT2D eigenvalue weighted by Gasteiger charge is -2.15. The molecule has 27 heavy (non-hydrogen) atoms. The lowest BCUT2D eigenvalue weighted by Crippen LogP contribution is -2.28. The summed E-state index contributed by atoms with van der Waals surface area (Å²) in [7, 11) is 0. The van der Waals surface area contributed by atoms with Crippen LogP contribution in [0, 0.1) is 0 Å². The summed E-state index contributed by atoms with van der Waals surface area (Å²) in [6.45, 7) is 0. The maximum absolute atomic E-state index is 12.2. The van der Waals surface area contributed by atoms with Gasteiger partial charge in [-0.3, -0.25) is 24.1 Å². The fraction of sp³-hybridized carbons (Fsp3) is 0.200. The molecule has 2 aromatic rings. The van der Waals surface area contributed by atoms with E-state index in [-0.39, 0.29) is 48.3 Å². The largest absolute Gasteiger partial charge is 0.507 e. The highest BCUT2D eigenvalue weighted by Gasteiger charge is 2.30. The number of hydrogen-bond acceptors (Lipinski definition) is 5. The van der Waals surface area contributed by atoms with E-state index < -0.39 is 0 Å². The fourth-order valence-electron chi connectivity index (χ4n) is 2.92. The first-order valence-corrected chi connectivity index (χ1v) is 8.50. The Balaban J connectivity index is 1.63. The van der Waals surface area contributed by atoms with Crippen molar-refractivity contribution in [3.05, 3.63) is 53.6 Å². The highest BCUT2D eigenvalue weighted by molar-refractivity contribution is 6.20. The van der Waals surface area contributed by atoms with E-state index in [1.54, 1.807) is 36.4 Å². The molecule has 1 saturated heterocycles. The van der Waals surface area contributed by atoms with Crippen LogP contribution in [0.4, 0.5) is 11.4 Å². The molecule has 0 saturated carbocycles. The van der Waals surface area contributed by atoms with E-state index in [1.165, 1.54) is 6.07 Å². The van der Waals surface area contributed by atoms with Gasteiger partial charge >= 0.3 is 0 Å². The van der Waals surface area contributed by atoms with Gasteiger partial charge in [-0.05, 0) is 42.3 Å². The number of rotatable bonds is 6. The van der Waals surface area contributed by atoms with E-state index in [0.29, 0.717) is 24.1 Å². The number of nitrogens with zero attached hydrogens (tertiary/aromatic N) is 1. The van der Waals surface area contributed by atoms with Crippen molar-refractivity contribution in [3.63, 3.8) is 0 Å². The molecule has 7 nitrogen and oxygen atoms in total. The van der Waals surface area contributed by atoms with E-state index >= 15 is 0 Å². The van der Waals surface area contributed by atoms with Gasteiger partial charge in [0.1, 0.15) is 5.75 Å². The van der Waals surface area contributed by atoms with Gasteiger partial charge in [0.25, 0.3) is 0 Å². The molecule has 0 bridgehead atoms. The van der Waals surface area contributed by atoms with E-state index in [9.17, 15) is 24.3 Å². The average Bonchev–Trinajstić information content (AvgIpc) is 2.99. The molecule has 7 heteroatoms. The van der Waals surface area contributed by atoms with Crippen LogP contribution in [-0.2, 0) is 20.8 Å². The van der Waals surface area contributed by atoms with Crippen LogP contribution >= 0.6 is 0 Å². The van der Waals surface area contributed by atoms with Crippen molar-refractivity contribution in [3.8, 4) is 5.75 Å². The first kappa shape index (κ1) is 18.3. The number of benzene rings is 2. The molecule has 0 atom stereocenters. The number of carbonyl (C=O) groups excluding carboxylic acids is 4. The van der Waals surface area contributed by atoms with E-state index in [0.717, 1.165) is 10.5 Å². The number of carbonyl (C=O) groups is 4. The van der Waals surface area contributed by atoms with Gasteiger partial charge in [0.05, 0.1) is 11.3 Å². The molecule has 2 N–H and O–H groups in total. The Morgan fingerprint density at radius 1 is 1.11 bits per heavy atom. The Kier molecular flexibility index (Phi) is 5.30. The Morgan fingerprint density at radius 3 is 2.56 bits per heavy atom. The normalized spacial score (nSPS) is 13.7. The molecule has 0 aromatic heterocycles. The molecule has 1 aliphatic heterocycles. The van der Waals surface area contributed by atoms with Gasteiger partial charge in [0.15, 0.2) is 6.29 Å². The van der Waals surface area contributed by atoms with Crippen molar-refractivity contribution < 1.29 is 24.3 Å². The van der Waals surface area contributed by atoms with Gasteiger partial charge in [-0.1, -0.05) is 12.1 Å². The number of aldehydes is 1. The fourth-order valence-corrected chi connectivity index (χ4v) is 2.92. The summed E-state index contributed by atoms with van der Waals surface area (Å²) >= 11 is 0. The number of anilines is 2. The monoisotopic (exact) mass is 366 g/mol. The van der Waals surface area contributed by atoms with Crippen molar-refractivity contribution in [2.24, 2.45) is 0 Å². The predicted molar refractivity (Wildman–Crippen MR) is 98.6 cm³/mol. The third kappa shape index (κ3) is 4.20. The molecule has 1 fully saturated rings. The van der Waals surface area contributed by atoms with Crippen LogP contribution in [0.1, 0.15) is 35.2 Å². The molecule has 3 amide bonds. The second-order valence-corrected chi connectivity index (χ2v) is 6.23. The quantitative estimate of drug-likeness (QED) is 0.604. The zero-order valence-electron chi connectivity index (χ0n) is 14.5. The zero-order valence-corrected chi connectivity index (χ0v) is 14.5. The molecule has 0 unspecified atom stereocenters. The van der Waals surface area contributed by atoms with Crippen LogP contribution in [0.5, 0.6) is 5.75 Å². The minimum Gasteiger partial charge on any atom is -0.507 e. The van der Waals surface area contributed by atoms with Gasteiger partial charge in [0, 0.05) is 24.9 Å². The van der Waals surface area contributed by atoms with E-state index in [4.69, 9.17) is 0 Å². The van der Waals surface area contributed by atoms with Crippen LogP contribution in [0.25, 0.3) is 0 Å². The second kappa shape index (κ2) is 7.82. The van der Waals surface area contributed by atoms with Crippen LogP contribution in [0.15, 0.2) is 42.5 Å². The summed E-state index contributed by atoms with van der Waals surface area (Å²) in [5.41, 5.74) is 1.87. The van der Waals surface area contributed by atoms with E-state index in [1.807, 2.05) is 0 Å². The van der Waals surface area contributed by atoms with Crippen molar-refractivity contribution in [2.45, 2.75) is 25.7 Å². The van der Waals surface area contributed by atoms with Gasteiger partial charge in [-0.25, -0.2) is 0 Å². The van der Waals surface area contributed by atoms with Crippen molar-refractivity contribution in [1.29, 1.82) is 0 Å². The number of aryl methyl sites for hydroxylation is 1. The van der Waals surface area contributed by atoms with Gasteiger partial charge in [0.2, 0.25) is 17.7 Å². The highest BCUT2D eigenvalue weighted by atomic mass is 16.3. The SMILES string of the molecule is O=Cc1cc(CCC(=O)Nc2cccc(N3C(=O)CCC3=O)c2)ccc1O. The summed E-state index contributed by atoms with van der Waals surface area (Å²) in [6, 6.07) is 11.2. The van der Waals surface area contributed by atoms with Crippen molar-refractivity contribution in [2.75, 3.05) is 10.2 Å². The smallest absolute Gasteiger partial charge is 0.234 e. The molecule has 3 rings (SSSR count). The Labute approximate surface area is 155 Å². The first-order valence-electron chi connectivity index (χ1n) is 8.50. The summed E-state index contributed by atoms with van der Waals surface area (Å²) in [5, 5.41) is 12.2. The van der Waals surface area contributed by atoms with Gasteiger partial charge in [-0.2, -0.15) is 0 Å². The van der Waals surface area contributed by atoms with Crippen LogP contribution < -0.4 is 10.2 Å². The van der Waals surface area contributed by atoms with Crippen molar-refractivity contribution in [1.82, 2.24) is 0 Å². The molecule has 1 heterocycles. The first-order chi connectivity index (χ1) is 13.0. The minimum atomic E-state index is -0.248. The highest BCUT2D eigenvalue weighted by Crippen LogP contribution is 2.25. The van der Waals surface area contributed by atoms with E-state index in [2.05, 4.69) is 5.32 Å². The molecular weight excluding hydrogens is 348 g/mol. The molecule has 1 aliphatic rings. The molecular formula is C20H18N2O5. The number of aromatic hydroxyl groups is 1. The number of imide groups is 1. The summed E-state index contributed by atoms with van der Waals surface area (Å²) in [6.07, 6.45) is 1.53. The summed E-state index contributed by atoms with van der Waals surface area (Å²) < 4.78 is 0. The third-order valence-corrected chi connectivity index (χ3v) is 4.30. The Bertz CT molecular complexity index is 906. The van der Waals surface area contributed by atoms with Crippen LogP contribution in [0.2, 0.25) is 0 Å². The average molecular weight is 366 g/mol. The molecule has 0 radical (unpaired) electrons. The topological polar surface area (TPSA) is 104 Å². The van der Waals surface area contributed by atoms with Gasteiger partial charge in [-0.15, -0.1) is 0 Å². The zero-order chi connectivity index (χ0) is 19.4. The molecule has 2 aromatic carbocycles. The minimum absolute atomic E-state index is 0.0963. The molecule has 138 valence electrons. The molecule has 0 spiro atoms. The van der Waals surface area contributed by atoms with Crippen molar-refractivity contribution >= 4 is 35.4 Å². The summed E-state index contributed by atoms with van der Waals surface area (Å²) in [5.74, 6) is -0.837. The number of phenolic OH excluding ortho intramolecular Hbond substituents is 1. The number of nitrogens with one attached hydrogen (secondary N) is 1. The number of hydrogen-bond donors (Lipinski definition) is 2. The molecule has 0 aliphatic carbocycles. The maximum atomic E-state index is 12.2. The number of phenols is 1.